The molecule has 3 N–H and O–H groups in total. The highest BCUT2D eigenvalue weighted by molar-refractivity contribution is 6.30. The van der Waals surface area contributed by atoms with E-state index in [4.69, 9.17) is 16.7 Å². The van der Waals surface area contributed by atoms with E-state index in [0.717, 1.165) is 0 Å². The lowest BCUT2D eigenvalue weighted by atomic mass is 10.1. The molecule has 124 valence electrons. The van der Waals surface area contributed by atoms with Crippen molar-refractivity contribution in [3.8, 4) is 5.75 Å². The number of alkyl halides is 3. The van der Waals surface area contributed by atoms with Crippen LogP contribution in [0, 0.1) is 0 Å². The highest BCUT2D eigenvalue weighted by Gasteiger charge is 2.29. The lowest BCUT2D eigenvalue weighted by Crippen LogP contribution is -2.48. The molecular weight excluding hydrogens is 325 g/mol. The second kappa shape index (κ2) is 7.06. The molecule has 1 aromatic rings. The largest absolute Gasteiger partial charge is 0.482 e. The summed E-state index contributed by atoms with van der Waals surface area (Å²) in [6.07, 6.45) is -4.51. The van der Waals surface area contributed by atoms with Crippen LogP contribution in [0.25, 0.3) is 0 Å². The Kier molecular flexibility index (Phi) is 5.90. The highest BCUT2D eigenvalue weighted by atomic mass is 35.5. The monoisotopic (exact) mass is 340 g/mol. The van der Waals surface area contributed by atoms with E-state index < -0.39 is 24.4 Å². The molecule has 0 aliphatic carbocycles. The summed E-state index contributed by atoms with van der Waals surface area (Å²) >= 11 is 5.71. The van der Waals surface area contributed by atoms with Crippen molar-refractivity contribution in [1.82, 2.24) is 5.32 Å². The summed E-state index contributed by atoms with van der Waals surface area (Å²) in [6.45, 7) is 1.34. The van der Waals surface area contributed by atoms with Gasteiger partial charge in [-0.05, 0) is 26.0 Å². The van der Waals surface area contributed by atoms with E-state index in [1.165, 1.54) is 18.2 Å². The predicted molar refractivity (Wildman–Crippen MR) is 76.3 cm³/mol. The Hall–Kier alpha value is -1.67. The maximum atomic E-state index is 12.2. The molecule has 5 nitrogen and oxygen atoms in total. The third-order valence-corrected chi connectivity index (χ3v) is 2.67. The van der Waals surface area contributed by atoms with Gasteiger partial charge in [-0.3, -0.25) is 0 Å². The first-order chi connectivity index (χ1) is 10.0. The van der Waals surface area contributed by atoms with Gasteiger partial charge in [0.25, 0.3) is 0 Å². The Labute approximate surface area is 130 Å². The molecule has 0 unspecified atom stereocenters. The zero-order chi connectivity index (χ0) is 17.0. The zero-order valence-corrected chi connectivity index (χ0v) is 12.7. The van der Waals surface area contributed by atoms with Crippen molar-refractivity contribution < 1.29 is 27.8 Å². The summed E-state index contributed by atoms with van der Waals surface area (Å²) in [5.41, 5.74) is -0.858. The van der Waals surface area contributed by atoms with E-state index in [1.807, 2.05) is 0 Å². The smallest absolute Gasteiger partial charge is 0.422 e. The fraction of sp³-hybridized carbons (Fsp3) is 0.462. The van der Waals surface area contributed by atoms with Crippen LogP contribution in [0.3, 0.4) is 0 Å². The van der Waals surface area contributed by atoms with Crippen molar-refractivity contribution in [1.29, 1.82) is 0 Å². The minimum atomic E-state index is -4.51. The Morgan fingerprint density at radius 1 is 1.36 bits per heavy atom. The van der Waals surface area contributed by atoms with E-state index in [0.29, 0.717) is 0 Å². The molecule has 0 saturated heterocycles. The number of halogens is 4. The average molecular weight is 341 g/mol. The van der Waals surface area contributed by atoms with Crippen LogP contribution in [0.15, 0.2) is 18.2 Å². The predicted octanol–water partition coefficient (Wildman–Crippen LogP) is 3.17. The van der Waals surface area contributed by atoms with Crippen molar-refractivity contribution in [3.63, 3.8) is 0 Å². The number of aliphatic hydroxyl groups is 1. The molecule has 0 radical (unpaired) electrons. The second-order valence-corrected chi connectivity index (χ2v) is 5.60. The molecule has 0 aliphatic rings. The molecule has 2 amide bonds. The summed E-state index contributed by atoms with van der Waals surface area (Å²) in [5, 5.41) is 14.0. The topological polar surface area (TPSA) is 70.6 Å². The second-order valence-electron chi connectivity index (χ2n) is 5.17. The normalized spacial score (nSPS) is 12.0. The van der Waals surface area contributed by atoms with E-state index >= 15 is 0 Å². The van der Waals surface area contributed by atoms with E-state index in [9.17, 15) is 18.0 Å². The molecule has 9 heteroatoms. The number of nitrogens with one attached hydrogen (secondary N) is 2. The summed E-state index contributed by atoms with van der Waals surface area (Å²) in [4.78, 5) is 11.8. The third kappa shape index (κ3) is 6.40. The molecule has 0 heterocycles. The van der Waals surface area contributed by atoms with Gasteiger partial charge in [0.15, 0.2) is 6.61 Å². The molecule has 0 spiro atoms. The molecule has 0 aliphatic heterocycles. The standard InChI is InChI=1S/C13H16ClF3N2O3/c1-12(2,6-20)19-11(21)18-9-4-3-8(14)5-10(9)22-7-13(15,16)17/h3-5,20H,6-7H2,1-2H3,(H2,18,19,21). The fourth-order valence-corrected chi connectivity index (χ4v) is 1.54. The summed E-state index contributed by atoms with van der Waals surface area (Å²) < 4.78 is 41.3. The maximum Gasteiger partial charge on any atom is 0.422 e. The van der Waals surface area contributed by atoms with E-state index in [1.54, 1.807) is 13.8 Å². The van der Waals surface area contributed by atoms with Crippen LogP contribution < -0.4 is 15.4 Å². The molecule has 1 aromatic carbocycles. The number of benzene rings is 1. The molecule has 1 rings (SSSR count). The Balaban J connectivity index is 2.83. The average Bonchev–Trinajstić information content (AvgIpc) is 2.37. The molecule has 22 heavy (non-hydrogen) atoms. The SMILES string of the molecule is CC(C)(CO)NC(=O)Nc1ccc(Cl)cc1OCC(F)(F)F. The molecular formula is C13H16ClF3N2O3. The highest BCUT2D eigenvalue weighted by Crippen LogP contribution is 2.29. The molecule has 0 bridgehead atoms. The van der Waals surface area contributed by atoms with E-state index in [2.05, 4.69) is 15.4 Å². The van der Waals surface area contributed by atoms with Gasteiger partial charge in [-0.15, -0.1) is 0 Å². The van der Waals surface area contributed by atoms with Crippen LogP contribution in [0.2, 0.25) is 5.02 Å². The van der Waals surface area contributed by atoms with Gasteiger partial charge in [0, 0.05) is 11.1 Å². The number of urea groups is 1. The number of amides is 2. The van der Waals surface area contributed by atoms with Crippen LogP contribution in [0.5, 0.6) is 5.75 Å². The number of hydrogen-bond donors (Lipinski definition) is 3. The molecule has 0 fully saturated rings. The van der Waals surface area contributed by atoms with Crippen LogP contribution in [-0.4, -0.2) is 36.1 Å². The number of rotatable bonds is 5. The molecule has 0 atom stereocenters. The van der Waals surface area contributed by atoms with Gasteiger partial charge in [-0.2, -0.15) is 13.2 Å². The summed E-state index contributed by atoms with van der Waals surface area (Å²) in [6, 6.07) is 3.19. The van der Waals surface area contributed by atoms with Crippen LogP contribution >= 0.6 is 11.6 Å². The first-order valence-electron chi connectivity index (χ1n) is 6.21. The van der Waals surface area contributed by atoms with Gasteiger partial charge in [0.2, 0.25) is 0 Å². The van der Waals surface area contributed by atoms with Gasteiger partial charge >= 0.3 is 12.2 Å². The van der Waals surface area contributed by atoms with Crippen LogP contribution in [0.4, 0.5) is 23.7 Å². The first kappa shape index (κ1) is 18.4. The number of carbonyl (C=O) groups is 1. The van der Waals surface area contributed by atoms with Gasteiger partial charge in [0.05, 0.1) is 17.8 Å². The summed E-state index contributed by atoms with van der Waals surface area (Å²) in [5.74, 6) is -0.207. The lowest BCUT2D eigenvalue weighted by Gasteiger charge is -2.24. The first-order valence-corrected chi connectivity index (χ1v) is 6.59. The number of carbonyl (C=O) groups excluding carboxylic acids is 1. The maximum absolute atomic E-state index is 12.2. The van der Waals surface area contributed by atoms with Crippen molar-refractivity contribution in [2.45, 2.75) is 25.6 Å². The lowest BCUT2D eigenvalue weighted by molar-refractivity contribution is -0.153. The van der Waals surface area contributed by atoms with Crippen LogP contribution in [-0.2, 0) is 0 Å². The van der Waals surface area contributed by atoms with Gasteiger partial charge in [-0.25, -0.2) is 4.79 Å². The number of aliphatic hydroxyl groups excluding tert-OH is 1. The van der Waals surface area contributed by atoms with Gasteiger partial charge in [0.1, 0.15) is 5.75 Å². The Morgan fingerprint density at radius 2 is 2.00 bits per heavy atom. The van der Waals surface area contributed by atoms with Crippen molar-refractivity contribution >= 4 is 23.3 Å². The van der Waals surface area contributed by atoms with Crippen molar-refractivity contribution in [2.24, 2.45) is 0 Å². The van der Waals surface area contributed by atoms with Crippen molar-refractivity contribution in [3.05, 3.63) is 23.2 Å². The zero-order valence-electron chi connectivity index (χ0n) is 11.9. The van der Waals surface area contributed by atoms with E-state index in [-0.39, 0.29) is 23.1 Å². The fourth-order valence-electron chi connectivity index (χ4n) is 1.38. The molecule has 0 aromatic heterocycles. The minimum absolute atomic E-state index is 0.0277. The number of ether oxygens (including phenoxy) is 1. The Morgan fingerprint density at radius 3 is 2.55 bits per heavy atom. The summed E-state index contributed by atoms with van der Waals surface area (Å²) in [7, 11) is 0. The third-order valence-electron chi connectivity index (χ3n) is 2.43. The van der Waals surface area contributed by atoms with Gasteiger partial charge < -0.3 is 20.5 Å². The quantitative estimate of drug-likeness (QED) is 0.771. The number of anilines is 1. The van der Waals surface area contributed by atoms with Gasteiger partial charge in [-0.1, -0.05) is 11.6 Å². The molecule has 0 saturated carbocycles. The van der Waals surface area contributed by atoms with Crippen molar-refractivity contribution in [2.75, 3.05) is 18.5 Å². The van der Waals surface area contributed by atoms with Crippen LogP contribution in [0.1, 0.15) is 13.8 Å². The minimum Gasteiger partial charge on any atom is -0.482 e. The Bertz CT molecular complexity index is 536. The number of hydrogen-bond acceptors (Lipinski definition) is 3.